The Balaban J connectivity index is 3.61. The van der Waals surface area contributed by atoms with Crippen LogP contribution in [-0.2, 0) is 19.9 Å². The summed E-state index contributed by atoms with van der Waals surface area (Å²) in [5.41, 5.74) is -0.720. The van der Waals surface area contributed by atoms with Gasteiger partial charge < -0.3 is 0 Å². The van der Waals surface area contributed by atoms with Crippen molar-refractivity contribution in [2.24, 2.45) is 0 Å². The molecule has 1 aromatic heterocycles. The summed E-state index contributed by atoms with van der Waals surface area (Å²) in [5, 5.41) is 10.7. The number of sulfone groups is 1. The van der Waals surface area contributed by atoms with Gasteiger partial charge in [0, 0.05) is 26.4 Å². The first-order valence-electron chi connectivity index (χ1n) is 4.38. The van der Waals surface area contributed by atoms with Crippen LogP contribution in [0.5, 0.6) is 0 Å². The van der Waals surface area contributed by atoms with Gasteiger partial charge in [-0.15, -0.1) is 11.3 Å². The summed E-state index contributed by atoms with van der Waals surface area (Å²) in [4.78, 5) is 9.80. The normalized spacial score (nSPS) is 12.9. The van der Waals surface area contributed by atoms with E-state index < -0.39 is 34.7 Å². The van der Waals surface area contributed by atoms with E-state index in [-0.39, 0.29) is 4.21 Å². The highest BCUT2D eigenvalue weighted by Gasteiger charge is 2.31. The molecule has 0 aliphatic carbocycles. The molecule has 18 heavy (non-hydrogen) atoms. The molecule has 0 amide bonds. The highest BCUT2D eigenvalue weighted by molar-refractivity contribution is 7.94. The van der Waals surface area contributed by atoms with Gasteiger partial charge in [0.25, 0.3) is 15.7 Å². The molecule has 1 rings (SSSR count). The van der Waals surface area contributed by atoms with Gasteiger partial charge in [-0.2, -0.15) is 0 Å². The van der Waals surface area contributed by atoms with Gasteiger partial charge in [0.1, 0.15) is 4.21 Å². The molecule has 8 nitrogen and oxygen atoms in total. The van der Waals surface area contributed by atoms with Crippen molar-refractivity contribution >= 4 is 36.9 Å². The lowest BCUT2D eigenvalue weighted by Crippen LogP contribution is -2.21. The maximum absolute atomic E-state index is 11.8. The standard InChI is InChI=1S/C7H10N2O6S3/c1-8(2)18(14,15)6-4-5(9(10)11)7(16-6)17(3,12)13/h4H,1-3H3. The molecule has 0 saturated heterocycles. The van der Waals surface area contributed by atoms with Crippen LogP contribution in [0.4, 0.5) is 5.69 Å². The van der Waals surface area contributed by atoms with Crippen molar-refractivity contribution in [3.05, 3.63) is 16.2 Å². The Morgan fingerprint density at radius 3 is 2.06 bits per heavy atom. The van der Waals surface area contributed by atoms with Crippen LogP contribution in [0, 0.1) is 10.1 Å². The van der Waals surface area contributed by atoms with Gasteiger partial charge in [-0.25, -0.2) is 21.1 Å². The Labute approximate surface area is 108 Å². The average Bonchev–Trinajstić information content (AvgIpc) is 2.61. The third-order valence-electron chi connectivity index (χ3n) is 1.93. The highest BCUT2D eigenvalue weighted by Crippen LogP contribution is 2.36. The molecule has 0 bridgehead atoms. The molecule has 0 aliphatic rings. The molecule has 0 spiro atoms. The smallest absolute Gasteiger partial charge is 0.258 e. The molecule has 0 aliphatic heterocycles. The number of hydrogen-bond acceptors (Lipinski definition) is 7. The van der Waals surface area contributed by atoms with E-state index in [0.29, 0.717) is 11.3 Å². The molecule has 0 N–H and O–H groups in total. The lowest BCUT2D eigenvalue weighted by Gasteiger charge is -2.07. The van der Waals surface area contributed by atoms with Gasteiger partial charge in [-0.1, -0.05) is 0 Å². The quantitative estimate of drug-likeness (QED) is 0.583. The molecule has 0 fully saturated rings. The lowest BCUT2D eigenvalue weighted by atomic mass is 10.6. The monoisotopic (exact) mass is 314 g/mol. The number of rotatable bonds is 4. The summed E-state index contributed by atoms with van der Waals surface area (Å²) in [6, 6.07) is 0.760. The Hall–Kier alpha value is -1.04. The lowest BCUT2D eigenvalue weighted by molar-refractivity contribution is -0.387. The molecular weight excluding hydrogens is 304 g/mol. The van der Waals surface area contributed by atoms with Crippen molar-refractivity contribution in [2.75, 3.05) is 20.4 Å². The van der Waals surface area contributed by atoms with Gasteiger partial charge in [0.15, 0.2) is 14.0 Å². The molecule has 0 saturated carbocycles. The van der Waals surface area contributed by atoms with E-state index in [1.165, 1.54) is 14.1 Å². The van der Waals surface area contributed by atoms with Gasteiger partial charge in [-0.3, -0.25) is 10.1 Å². The van der Waals surface area contributed by atoms with E-state index in [4.69, 9.17) is 0 Å². The number of thiophene rings is 1. The molecule has 1 heterocycles. The minimum absolute atomic E-state index is 0.371. The zero-order valence-electron chi connectivity index (χ0n) is 9.65. The van der Waals surface area contributed by atoms with E-state index >= 15 is 0 Å². The second-order valence-electron chi connectivity index (χ2n) is 3.55. The van der Waals surface area contributed by atoms with Crippen LogP contribution >= 0.6 is 11.3 Å². The number of nitro groups is 1. The van der Waals surface area contributed by atoms with Crippen LogP contribution in [0.15, 0.2) is 14.5 Å². The first-order chi connectivity index (χ1) is 7.98. The van der Waals surface area contributed by atoms with Crippen LogP contribution < -0.4 is 0 Å². The van der Waals surface area contributed by atoms with Gasteiger partial charge in [-0.05, 0) is 0 Å². The molecule has 1 aromatic rings. The maximum atomic E-state index is 11.8. The van der Waals surface area contributed by atoms with Crippen molar-refractivity contribution in [1.82, 2.24) is 4.31 Å². The summed E-state index contributed by atoms with van der Waals surface area (Å²) in [7, 11) is -5.24. The molecule has 0 atom stereocenters. The minimum Gasteiger partial charge on any atom is -0.258 e. The molecule has 102 valence electrons. The van der Waals surface area contributed by atoms with E-state index in [2.05, 4.69) is 0 Å². The Morgan fingerprint density at radius 1 is 1.28 bits per heavy atom. The predicted molar refractivity (Wildman–Crippen MR) is 65.0 cm³/mol. The van der Waals surface area contributed by atoms with Crippen molar-refractivity contribution in [3.8, 4) is 0 Å². The number of nitrogens with zero attached hydrogens (tertiary/aromatic N) is 2. The van der Waals surface area contributed by atoms with Crippen LogP contribution in [-0.4, -0.2) is 46.4 Å². The van der Waals surface area contributed by atoms with Crippen LogP contribution in [0.3, 0.4) is 0 Å². The van der Waals surface area contributed by atoms with Gasteiger partial charge in [0.2, 0.25) is 0 Å². The second kappa shape index (κ2) is 4.57. The summed E-state index contributed by atoms with van der Waals surface area (Å²) in [5.74, 6) is 0. The zero-order valence-corrected chi connectivity index (χ0v) is 12.1. The topological polar surface area (TPSA) is 115 Å². The fourth-order valence-corrected chi connectivity index (χ4v) is 4.92. The number of sulfonamides is 1. The van der Waals surface area contributed by atoms with Crippen molar-refractivity contribution < 1.29 is 21.8 Å². The third-order valence-corrected chi connectivity index (χ3v) is 7.15. The van der Waals surface area contributed by atoms with Crippen molar-refractivity contribution in [1.29, 1.82) is 0 Å². The summed E-state index contributed by atoms with van der Waals surface area (Å²) in [6.07, 6.45) is 0.790. The van der Waals surface area contributed by atoms with Crippen LogP contribution in [0.2, 0.25) is 0 Å². The van der Waals surface area contributed by atoms with E-state index in [0.717, 1.165) is 16.6 Å². The first-order valence-corrected chi connectivity index (χ1v) is 8.53. The van der Waals surface area contributed by atoms with E-state index in [1.54, 1.807) is 0 Å². The molecule has 0 radical (unpaired) electrons. The molecule has 0 unspecified atom stereocenters. The van der Waals surface area contributed by atoms with Gasteiger partial charge in [0.05, 0.1) is 4.92 Å². The average molecular weight is 314 g/mol. The van der Waals surface area contributed by atoms with E-state index in [9.17, 15) is 26.9 Å². The Kier molecular flexibility index (Phi) is 3.81. The fourth-order valence-electron chi connectivity index (χ4n) is 1.04. The van der Waals surface area contributed by atoms with E-state index in [1.807, 2.05) is 0 Å². The maximum Gasteiger partial charge on any atom is 0.300 e. The summed E-state index contributed by atoms with van der Waals surface area (Å²) in [6.45, 7) is 0. The largest absolute Gasteiger partial charge is 0.300 e. The SMILES string of the molecule is CN(C)S(=O)(=O)c1cc([N+](=O)[O-])c(S(C)(=O)=O)s1. The summed E-state index contributed by atoms with van der Waals surface area (Å²) >= 11 is 0.371. The molecular formula is C7H10N2O6S3. The number of hydrogen-bond donors (Lipinski definition) is 0. The first kappa shape index (κ1) is 15.0. The third kappa shape index (κ3) is 2.68. The van der Waals surface area contributed by atoms with Gasteiger partial charge >= 0.3 is 0 Å². The second-order valence-corrected chi connectivity index (χ2v) is 9.20. The highest BCUT2D eigenvalue weighted by atomic mass is 32.3. The Morgan fingerprint density at radius 2 is 1.78 bits per heavy atom. The van der Waals surface area contributed by atoms with Crippen LogP contribution in [0.1, 0.15) is 0 Å². The minimum atomic E-state index is -3.89. The van der Waals surface area contributed by atoms with Crippen molar-refractivity contribution in [2.45, 2.75) is 8.42 Å². The summed E-state index contributed by atoms with van der Waals surface area (Å²) < 4.78 is 46.2. The Bertz CT molecular complexity index is 685. The molecule has 0 aromatic carbocycles. The fraction of sp³-hybridized carbons (Fsp3) is 0.429. The zero-order chi connectivity index (χ0) is 14.3. The molecule has 11 heteroatoms. The van der Waals surface area contributed by atoms with Crippen LogP contribution in [0.25, 0.3) is 0 Å². The van der Waals surface area contributed by atoms with Crippen molar-refractivity contribution in [3.63, 3.8) is 0 Å². The predicted octanol–water partition coefficient (Wildman–Crippen LogP) is 0.310.